The maximum absolute atomic E-state index is 4.11. The lowest BCUT2D eigenvalue weighted by Crippen LogP contribution is -1.90. The van der Waals surface area contributed by atoms with Gasteiger partial charge in [-0.3, -0.25) is 0 Å². The standard InChI is InChI=1S/C6H14S/c1-3-6(2)4-5-7/h6-7H,3-5H2,1-2H3/t6-/m1/s1. The van der Waals surface area contributed by atoms with E-state index in [0.717, 1.165) is 11.7 Å². The fourth-order valence-corrected chi connectivity index (χ4v) is 0.865. The Labute approximate surface area is 51.7 Å². The first-order valence-corrected chi connectivity index (χ1v) is 3.55. The highest BCUT2D eigenvalue weighted by molar-refractivity contribution is 7.80. The van der Waals surface area contributed by atoms with Crippen molar-refractivity contribution < 1.29 is 0 Å². The summed E-state index contributed by atoms with van der Waals surface area (Å²) in [4.78, 5) is 0. The third-order valence-electron chi connectivity index (χ3n) is 1.32. The predicted molar refractivity (Wildman–Crippen MR) is 37.9 cm³/mol. The Morgan fingerprint density at radius 2 is 2.14 bits per heavy atom. The summed E-state index contributed by atoms with van der Waals surface area (Å²) >= 11 is 4.11. The summed E-state index contributed by atoms with van der Waals surface area (Å²) in [6.07, 6.45) is 2.56. The fourth-order valence-electron chi connectivity index (χ4n) is 0.425. The van der Waals surface area contributed by atoms with Gasteiger partial charge in [0.1, 0.15) is 0 Å². The molecule has 0 aromatic carbocycles. The molecule has 0 spiro atoms. The first-order valence-electron chi connectivity index (χ1n) is 2.92. The van der Waals surface area contributed by atoms with E-state index in [1.54, 1.807) is 0 Å². The Bertz CT molecular complexity index is 35.2. The fraction of sp³-hybridized carbons (Fsp3) is 1.00. The molecule has 0 amide bonds. The summed E-state index contributed by atoms with van der Waals surface area (Å²) in [5, 5.41) is 0. The molecule has 0 aliphatic carbocycles. The Kier molecular flexibility index (Phi) is 4.73. The Morgan fingerprint density at radius 1 is 1.57 bits per heavy atom. The van der Waals surface area contributed by atoms with Crippen LogP contribution in [-0.2, 0) is 0 Å². The van der Waals surface area contributed by atoms with Crippen molar-refractivity contribution in [3.05, 3.63) is 0 Å². The van der Waals surface area contributed by atoms with Gasteiger partial charge in [-0.2, -0.15) is 12.6 Å². The smallest absolute Gasteiger partial charge is 0.00954 e. The van der Waals surface area contributed by atoms with E-state index < -0.39 is 0 Å². The third kappa shape index (κ3) is 4.20. The molecule has 0 N–H and O–H groups in total. The highest BCUT2D eigenvalue weighted by Crippen LogP contribution is 2.05. The number of thiol groups is 1. The van der Waals surface area contributed by atoms with Gasteiger partial charge < -0.3 is 0 Å². The van der Waals surface area contributed by atoms with E-state index in [9.17, 15) is 0 Å². The van der Waals surface area contributed by atoms with Crippen LogP contribution < -0.4 is 0 Å². The minimum Gasteiger partial charge on any atom is -0.179 e. The van der Waals surface area contributed by atoms with Crippen LogP contribution in [0.3, 0.4) is 0 Å². The molecular weight excluding hydrogens is 104 g/mol. The van der Waals surface area contributed by atoms with Crippen LogP contribution in [0.5, 0.6) is 0 Å². The maximum atomic E-state index is 4.11. The molecule has 0 unspecified atom stereocenters. The Hall–Kier alpha value is 0.350. The van der Waals surface area contributed by atoms with Crippen LogP contribution in [0.15, 0.2) is 0 Å². The zero-order valence-corrected chi connectivity index (χ0v) is 6.04. The summed E-state index contributed by atoms with van der Waals surface area (Å²) in [5.41, 5.74) is 0. The quantitative estimate of drug-likeness (QED) is 0.540. The summed E-state index contributed by atoms with van der Waals surface area (Å²) in [6, 6.07) is 0. The maximum Gasteiger partial charge on any atom is -0.00954 e. The van der Waals surface area contributed by atoms with E-state index in [4.69, 9.17) is 0 Å². The minimum atomic E-state index is 0.873. The van der Waals surface area contributed by atoms with Crippen LogP contribution in [0.2, 0.25) is 0 Å². The predicted octanol–water partition coefficient (Wildman–Crippen LogP) is 2.35. The molecule has 0 aromatic rings. The highest BCUT2D eigenvalue weighted by Gasteiger charge is 1.93. The van der Waals surface area contributed by atoms with Gasteiger partial charge in [-0.1, -0.05) is 20.3 Å². The van der Waals surface area contributed by atoms with Gasteiger partial charge in [0.05, 0.1) is 0 Å². The molecule has 1 heteroatoms. The molecule has 0 rings (SSSR count). The van der Waals surface area contributed by atoms with Crippen LogP contribution in [0.25, 0.3) is 0 Å². The molecule has 0 saturated carbocycles. The molecule has 0 radical (unpaired) electrons. The SMILES string of the molecule is CC[C@@H](C)CCS. The van der Waals surface area contributed by atoms with Crippen molar-refractivity contribution in [3.8, 4) is 0 Å². The van der Waals surface area contributed by atoms with Crippen LogP contribution in [0, 0.1) is 5.92 Å². The number of hydrogen-bond donors (Lipinski definition) is 1. The minimum absolute atomic E-state index is 0.873. The Balaban J connectivity index is 2.83. The molecule has 0 aliphatic rings. The van der Waals surface area contributed by atoms with E-state index in [1.807, 2.05) is 0 Å². The van der Waals surface area contributed by atoms with Gasteiger partial charge in [0.2, 0.25) is 0 Å². The second-order valence-electron chi connectivity index (χ2n) is 2.03. The van der Waals surface area contributed by atoms with Gasteiger partial charge in [-0.05, 0) is 18.1 Å². The first-order chi connectivity index (χ1) is 3.31. The second kappa shape index (κ2) is 4.51. The van der Waals surface area contributed by atoms with Crippen molar-refractivity contribution in [1.82, 2.24) is 0 Å². The third-order valence-corrected chi connectivity index (χ3v) is 1.58. The van der Waals surface area contributed by atoms with Crippen molar-refractivity contribution in [2.75, 3.05) is 5.75 Å². The van der Waals surface area contributed by atoms with Crippen molar-refractivity contribution in [3.63, 3.8) is 0 Å². The van der Waals surface area contributed by atoms with Crippen molar-refractivity contribution in [1.29, 1.82) is 0 Å². The van der Waals surface area contributed by atoms with Gasteiger partial charge in [0.25, 0.3) is 0 Å². The number of hydrogen-bond acceptors (Lipinski definition) is 1. The highest BCUT2D eigenvalue weighted by atomic mass is 32.1. The van der Waals surface area contributed by atoms with Gasteiger partial charge in [0, 0.05) is 0 Å². The summed E-state index contributed by atoms with van der Waals surface area (Å²) in [5.74, 6) is 1.91. The summed E-state index contributed by atoms with van der Waals surface area (Å²) < 4.78 is 0. The largest absolute Gasteiger partial charge is 0.179 e. The van der Waals surface area contributed by atoms with Crippen LogP contribution in [-0.4, -0.2) is 5.75 Å². The van der Waals surface area contributed by atoms with Crippen LogP contribution in [0.4, 0.5) is 0 Å². The summed E-state index contributed by atoms with van der Waals surface area (Å²) in [7, 11) is 0. The molecule has 0 aromatic heterocycles. The van der Waals surface area contributed by atoms with Crippen molar-refractivity contribution >= 4 is 12.6 Å². The van der Waals surface area contributed by atoms with Crippen molar-refractivity contribution in [2.45, 2.75) is 26.7 Å². The molecule has 0 fully saturated rings. The van der Waals surface area contributed by atoms with E-state index in [2.05, 4.69) is 26.5 Å². The molecule has 0 saturated heterocycles. The summed E-state index contributed by atoms with van der Waals surface area (Å²) in [6.45, 7) is 4.48. The molecule has 1 atom stereocenters. The van der Waals surface area contributed by atoms with Gasteiger partial charge >= 0.3 is 0 Å². The lowest BCUT2D eigenvalue weighted by molar-refractivity contribution is 0.549. The van der Waals surface area contributed by atoms with E-state index >= 15 is 0 Å². The monoisotopic (exact) mass is 118 g/mol. The average molecular weight is 118 g/mol. The van der Waals surface area contributed by atoms with Crippen LogP contribution in [0.1, 0.15) is 26.7 Å². The molecule has 0 heterocycles. The van der Waals surface area contributed by atoms with Gasteiger partial charge in [-0.25, -0.2) is 0 Å². The average Bonchev–Trinajstić information content (AvgIpc) is 1.68. The molecule has 0 bridgehead atoms. The lowest BCUT2D eigenvalue weighted by Gasteiger charge is -2.02. The topological polar surface area (TPSA) is 0 Å². The van der Waals surface area contributed by atoms with Crippen LogP contribution >= 0.6 is 12.6 Å². The molecule has 44 valence electrons. The van der Waals surface area contributed by atoms with Gasteiger partial charge in [-0.15, -0.1) is 0 Å². The van der Waals surface area contributed by atoms with E-state index in [0.29, 0.717) is 0 Å². The second-order valence-corrected chi connectivity index (χ2v) is 2.47. The zero-order valence-electron chi connectivity index (χ0n) is 5.15. The Morgan fingerprint density at radius 3 is 2.29 bits per heavy atom. The lowest BCUT2D eigenvalue weighted by atomic mass is 10.1. The first kappa shape index (κ1) is 7.35. The molecule has 0 aliphatic heterocycles. The molecule has 0 nitrogen and oxygen atoms in total. The number of rotatable bonds is 3. The van der Waals surface area contributed by atoms with Crippen molar-refractivity contribution in [2.24, 2.45) is 5.92 Å². The van der Waals surface area contributed by atoms with E-state index in [-0.39, 0.29) is 0 Å². The molecular formula is C6H14S. The molecule has 7 heavy (non-hydrogen) atoms. The normalized spacial score (nSPS) is 14.1. The zero-order chi connectivity index (χ0) is 5.70. The van der Waals surface area contributed by atoms with E-state index in [1.165, 1.54) is 12.8 Å². The van der Waals surface area contributed by atoms with Gasteiger partial charge in [0.15, 0.2) is 0 Å².